The monoisotopic (exact) mass is 239 g/mol. The van der Waals surface area contributed by atoms with Crippen molar-refractivity contribution in [3.05, 3.63) is 0 Å². The van der Waals surface area contributed by atoms with Gasteiger partial charge in [0.2, 0.25) is 0 Å². The molecule has 1 saturated heterocycles. The summed E-state index contributed by atoms with van der Waals surface area (Å²) in [5.41, 5.74) is 0.390. The van der Waals surface area contributed by atoms with E-state index in [0.717, 1.165) is 12.5 Å². The maximum atomic E-state index is 6.23. The van der Waals surface area contributed by atoms with Crippen LogP contribution in [0.4, 0.5) is 0 Å². The summed E-state index contributed by atoms with van der Waals surface area (Å²) in [7, 11) is 0. The number of piperidine rings is 1. The van der Waals surface area contributed by atoms with Crippen molar-refractivity contribution in [3.63, 3.8) is 0 Å². The Kier molecular flexibility index (Phi) is 3.84. The molecule has 2 nitrogen and oxygen atoms in total. The molecule has 2 rings (SSSR count). The second-order valence-electron chi connectivity index (χ2n) is 7.22. The summed E-state index contributed by atoms with van der Waals surface area (Å²) in [5.74, 6) is 0.809. The van der Waals surface area contributed by atoms with Crippen molar-refractivity contribution >= 4 is 0 Å². The minimum absolute atomic E-state index is 0.195. The first-order valence-corrected chi connectivity index (χ1v) is 7.35. The van der Waals surface area contributed by atoms with Crippen molar-refractivity contribution in [2.24, 2.45) is 5.92 Å². The lowest BCUT2D eigenvalue weighted by molar-refractivity contribution is -0.285. The smallest absolute Gasteiger partial charge is 0.0713 e. The molecule has 0 bridgehead atoms. The molecule has 1 saturated carbocycles. The van der Waals surface area contributed by atoms with Gasteiger partial charge in [0, 0.05) is 11.1 Å². The van der Waals surface area contributed by atoms with Gasteiger partial charge in [0.1, 0.15) is 0 Å². The summed E-state index contributed by atoms with van der Waals surface area (Å²) in [6, 6.07) is 0. The van der Waals surface area contributed by atoms with Crippen LogP contribution in [0, 0.1) is 5.92 Å². The van der Waals surface area contributed by atoms with Crippen LogP contribution in [-0.4, -0.2) is 22.7 Å². The molecule has 0 aromatic rings. The Balaban J connectivity index is 1.94. The van der Waals surface area contributed by atoms with E-state index in [1.807, 2.05) is 0 Å². The Morgan fingerprint density at radius 2 is 1.47 bits per heavy atom. The summed E-state index contributed by atoms with van der Waals surface area (Å²) < 4.78 is 0. The van der Waals surface area contributed by atoms with E-state index in [0.29, 0.717) is 0 Å². The molecule has 2 fully saturated rings. The fourth-order valence-corrected chi connectivity index (χ4v) is 3.68. The summed E-state index contributed by atoms with van der Waals surface area (Å²) in [6.45, 7) is 10.2. The van der Waals surface area contributed by atoms with Crippen LogP contribution in [-0.2, 0) is 4.84 Å². The van der Waals surface area contributed by atoms with Crippen LogP contribution in [0.2, 0.25) is 0 Å². The third-order valence-electron chi connectivity index (χ3n) is 4.59. The molecular weight excluding hydrogens is 210 g/mol. The van der Waals surface area contributed by atoms with Crippen LogP contribution in [0.15, 0.2) is 0 Å². The second kappa shape index (κ2) is 4.89. The zero-order chi connectivity index (χ0) is 12.5. The van der Waals surface area contributed by atoms with E-state index in [4.69, 9.17) is 4.84 Å². The largest absolute Gasteiger partial charge is 0.298 e. The van der Waals surface area contributed by atoms with Crippen molar-refractivity contribution in [2.45, 2.75) is 83.7 Å². The minimum atomic E-state index is 0.195. The number of hydroxylamine groups is 2. The molecule has 0 radical (unpaired) electrons. The molecule has 2 heteroatoms. The predicted octanol–water partition coefficient (Wildman–Crippen LogP) is 4.15. The lowest BCUT2D eigenvalue weighted by Gasteiger charge is -2.51. The molecule has 1 aliphatic heterocycles. The predicted molar refractivity (Wildman–Crippen MR) is 71.8 cm³/mol. The molecule has 0 N–H and O–H groups in total. The van der Waals surface area contributed by atoms with Crippen LogP contribution < -0.4 is 0 Å². The molecule has 17 heavy (non-hydrogen) atoms. The number of nitrogens with zero attached hydrogens (tertiary/aromatic N) is 1. The Morgan fingerprint density at radius 3 is 2.00 bits per heavy atom. The van der Waals surface area contributed by atoms with E-state index in [9.17, 15) is 0 Å². The average molecular weight is 239 g/mol. The van der Waals surface area contributed by atoms with Gasteiger partial charge in [-0.3, -0.25) is 4.84 Å². The fourth-order valence-electron chi connectivity index (χ4n) is 3.68. The van der Waals surface area contributed by atoms with Crippen LogP contribution >= 0.6 is 0 Å². The molecule has 2 aliphatic rings. The van der Waals surface area contributed by atoms with E-state index in [1.165, 1.54) is 44.9 Å². The number of hydrogen-bond acceptors (Lipinski definition) is 2. The normalized spacial score (nSPS) is 29.6. The average Bonchev–Trinajstić information content (AvgIpc) is 2.67. The van der Waals surface area contributed by atoms with Gasteiger partial charge in [-0.15, -0.1) is 0 Å². The van der Waals surface area contributed by atoms with Crippen molar-refractivity contribution in [1.82, 2.24) is 5.06 Å². The molecule has 0 atom stereocenters. The van der Waals surface area contributed by atoms with Gasteiger partial charge in [0.15, 0.2) is 0 Å². The number of hydrogen-bond donors (Lipinski definition) is 0. The van der Waals surface area contributed by atoms with E-state index < -0.39 is 0 Å². The van der Waals surface area contributed by atoms with Crippen LogP contribution in [0.1, 0.15) is 72.6 Å². The zero-order valence-corrected chi connectivity index (χ0v) is 12.1. The van der Waals surface area contributed by atoms with Crippen molar-refractivity contribution < 1.29 is 4.84 Å². The maximum absolute atomic E-state index is 6.23. The van der Waals surface area contributed by atoms with E-state index >= 15 is 0 Å². The van der Waals surface area contributed by atoms with Crippen molar-refractivity contribution in [1.29, 1.82) is 0 Å². The Bertz CT molecular complexity index is 238. The molecular formula is C15H29NO. The van der Waals surface area contributed by atoms with Gasteiger partial charge >= 0.3 is 0 Å². The second-order valence-corrected chi connectivity index (χ2v) is 7.22. The summed E-state index contributed by atoms with van der Waals surface area (Å²) in [5, 5.41) is 2.31. The highest BCUT2D eigenvalue weighted by Crippen LogP contribution is 2.39. The van der Waals surface area contributed by atoms with Crippen LogP contribution in [0.25, 0.3) is 0 Å². The Labute approximate surface area is 107 Å². The fraction of sp³-hybridized carbons (Fsp3) is 1.00. The van der Waals surface area contributed by atoms with Gasteiger partial charge < -0.3 is 0 Å². The topological polar surface area (TPSA) is 12.5 Å². The molecule has 1 heterocycles. The Morgan fingerprint density at radius 1 is 0.941 bits per heavy atom. The van der Waals surface area contributed by atoms with Gasteiger partial charge in [0.05, 0.1) is 6.61 Å². The third kappa shape index (κ3) is 3.03. The SMILES string of the molecule is CC1(C)CCCC(C)(C)N1OCC1CCCC1. The third-order valence-corrected chi connectivity index (χ3v) is 4.59. The van der Waals surface area contributed by atoms with E-state index in [1.54, 1.807) is 0 Å². The quantitative estimate of drug-likeness (QED) is 0.733. The van der Waals surface area contributed by atoms with Gasteiger partial charge in [-0.1, -0.05) is 12.8 Å². The molecule has 0 spiro atoms. The molecule has 0 aromatic carbocycles. The first-order chi connectivity index (χ1) is 7.92. The van der Waals surface area contributed by atoms with E-state index in [2.05, 4.69) is 32.8 Å². The Hall–Kier alpha value is -0.0800. The van der Waals surface area contributed by atoms with Gasteiger partial charge in [-0.2, -0.15) is 5.06 Å². The highest BCUT2D eigenvalue weighted by molar-refractivity contribution is 4.92. The van der Waals surface area contributed by atoms with Gasteiger partial charge in [-0.05, 0) is 65.7 Å². The molecule has 100 valence electrons. The molecule has 1 aliphatic carbocycles. The van der Waals surface area contributed by atoms with Gasteiger partial charge in [-0.25, -0.2) is 0 Å². The molecule has 0 aromatic heterocycles. The minimum Gasteiger partial charge on any atom is -0.298 e. The van der Waals surface area contributed by atoms with Crippen molar-refractivity contribution in [3.8, 4) is 0 Å². The molecule has 0 unspecified atom stereocenters. The van der Waals surface area contributed by atoms with E-state index in [-0.39, 0.29) is 11.1 Å². The molecule has 0 amide bonds. The summed E-state index contributed by atoms with van der Waals surface area (Å²) in [4.78, 5) is 6.23. The highest BCUT2D eigenvalue weighted by Gasteiger charge is 2.42. The van der Waals surface area contributed by atoms with Gasteiger partial charge in [0.25, 0.3) is 0 Å². The summed E-state index contributed by atoms with van der Waals surface area (Å²) in [6.07, 6.45) is 9.37. The number of rotatable bonds is 3. The first kappa shape index (κ1) is 13.4. The van der Waals surface area contributed by atoms with Crippen LogP contribution in [0.5, 0.6) is 0 Å². The lowest BCUT2D eigenvalue weighted by atomic mass is 9.82. The summed E-state index contributed by atoms with van der Waals surface area (Å²) >= 11 is 0. The zero-order valence-electron chi connectivity index (χ0n) is 12.1. The highest BCUT2D eigenvalue weighted by atomic mass is 16.7. The maximum Gasteiger partial charge on any atom is 0.0713 e. The van der Waals surface area contributed by atoms with Crippen LogP contribution in [0.3, 0.4) is 0 Å². The standard InChI is InChI=1S/C15H29NO/c1-14(2)10-7-11-15(3,4)16(14)17-12-13-8-5-6-9-13/h13H,5-12H2,1-4H3. The van der Waals surface area contributed by atoms with Crippen molar-refractivity contribution in [2.75, 3.05) is 6.61 Å². The lowest BCUT2D eigenvalue weighted by Crippen LogP contribution is -2.58. The first-order valence-electron chi connectivity index (χ1n) is 7.35.